The topological polar surface area (TPSA) is 106 Å². The summed E-state index contributed by atoms with van der Waals surface area (Å²) in [5.74, 6) is 2.36. The number of carbonyl (C=O) groups is 2. The zero-order chi connectivity index (χ0) is 24.7. The fourth-order valence-electron chi connectivity index (χ4n) is 6.59. The summed E-state index contributed by atoms with van der Waals surface area (Å²) in [4.78, 5) is 32.0. The number of oxazole rings is 1. The predicted octanol–water partition coefficient (Wildman–Crippen LogP) is 3.74. The smallest absolute Gasteiger partial charge is 0.318 e. The van der Waals surface area contributed by atoms with E-state index in [1.807, 2.05) is 13.8 Å². The molecule has 4 aliphatic carbocycles. The summed E-state index contributed by atoms with van der Waals surface area (Å²) in [6, 6.07) is -0.0661. The molecule has 35 heavy (non-hydrogen) atoms. The van der Waals surface area contributed by atoms with E-state index in [9.17, 15) is 9.59 Å². The maximum Gasteiger partial charge on any atom is 0.318 e. The molecule has 5 rings (SSSR count). The van der Waals surface area contributed by atoms with Gasteiger partial charge in [-0.2, -0.15) is 0 Å². The highest BCUT2D eigenvalue weighted by Crippen LogP contribution is 2.55. The van der Waals surface area contributed by atoms with Gasteiger partial charge in [0.05, 0.1) is 6.54 Å². The minimum Gasteiger partial charge on any atom is -0.446 e. The van der Waals surface area contributed by atoms with Gasteiger partial charge in [-0.25, -0.2) is 9.78 Å². The molecule has 0 saturated heterocycles. The third-order valence-corrected chi connectivity index (χ3v) is 7.68. The molecule has 4 aliphatic rings. The Labute approximate surface area is 208 Å². The maximum atomic E-state index is 13.5. The quantitative estimate of drug-likeness (QED) is 0.385. The van der Waals surface area contributed by atoms with Gasteiger partial charge < -0.3 is 29.4 Å². The average molecular weight is 491 g/mol. The van der Waals surface area contributed by atoms with E-state index in [2.05, 4.69) is 15.6 Å². The van der Waals surface area contributed by atoms with Crippen LogP contribution in [0.25, 0.3) is 0 Å². The van der Waals surface area contributed by atoms with Gasteiger partial charge in [0.15, 0.2) is 5.69 Å². The molecular formula is C26H42N4O5. The first kappa shape index (κ1) is 25.9. The van der Waals surface area contributed by atoms with Crippen molar-refractivity contribution >= 4 is 11.9 Å². The van der Waals surface area contributed by atoms with E-state index in [1.165, 1.54) is 25.5 Å². The molecule has 0 unspecified atom stereocenters. The van der Waals surface area contributed by atoms with E-state index < -0.39 is 0 Å². The first-order chi connectivity index (χ1) is 17.0. The van der Waals surface area contributed by atoms with E-state index in [4.69, 9.17) is 13.9 Å². The van der Waals surface area contributed by atoms with E-state index in [-0.39, 0.29) is 29.7 Å². The average Bonchev–Trinajstić information content (AvgIpc) is 3.28. The Morgan fingerprint density at radius 1 is 1.06 bits per heavy atom. The first-order valence-electron chi connectivity index (χ1n) is 13.5. The van der Waals surface area contributed by atoms with Crippen molar-refractivity contribution in [3.8, 4) is 0 Å². The summed E-state index contributed by atoms with van der Waals surface area (Å²) >= 11 is 0. The van der Waals surface area contributed by atoms with Crippen molar-refractivity contribution in [1.29, 1.82) is 0 Å². The van der Waals surface area contributed by atoms with Crippen molar-refractivity contribution in [2.24, 2.45) is 17.8 Å². The lowest BCUT2D eigenvalue weighted by molar-refractivity contribution is -0.0160. The van der Waals surface area contributed by atoms with E-state index >= 15 is 0 Å². The molecule has 0 atom stereocenters. The molecule has 0 radical (unpaired) electrons. The van der Waals surface area contributed by atoms with Crippen LogP contribution in [0.5, 0.6) is 0 Å². The number of nitrogens with one attached hydrogen (secondary N) is 2. The third-order valence-electron chi connectivity index (χ3n) is 7.68. The molecule has 1 aromatic rings. The van der Waals surface area contributed by atoms with Gasteiger partial charge >= 0.3 is 6.03 Å². The molecule has 4 bridgehead atoms. The maximum absolute atomic E-state index is 13.5. The molecule has 1 aromatic heterocycles. The number of amides is 3. The van der Waals surface area contributed by atoms with Gasteiger partial charge in [0.25, 0.3) is 5.91 Å². The molecule has 4 saturated carbocycles. The van der Waals surface area contributed by atoms with Crippen molar-refractivity contribution < 1.29 is 23.5 Å². The monoisotopic (exact) mass is 490 g/mol. The van der Waals surface area contributed by atoms with E-state index in [0.29, 0.717) is 45.4 Å². The normalized spacial score (nSPS) is 26.6. The number of hydrogen-bond donors (Lipinski definition) is 2. The lowest BCUT2D eigenvalue weighted by Crippen LogP contribution is -2.61. The minimum atomic E-state index is -0.280. The molecule has 3 amide bonds. The summed E-state index contributed by atoms with van der Waals surface area (Å²) in [5.41, 5.74) is 0.166. The van der Waals surface area contributed by atoms with Crippen LogP contribution in [0.1, 0.15) is 81.6 Å². The van der Waals surface area contributed by atoms with Gasteiger partial charge in [0.1, 0.15) is 6.26 Å². The van der Waals surface area contributed by atoms with Crippen LogP contribution >= 0.6 is 0 Å². The number of hydrogen-bond acceptors (Lipinski definition) is 6. The molecule has 9 nitrogen and oxygen atoms in total. The lowest BCUT2D eigenvalue weighted by Gasteiger charge is -2.57. The Balaban J connectivity index is 1.34. The Hall–Kier alpha value is -2.13. The summed E-state index contributed by atoms with van der Waals surface area (Å²) in [6.07, 6.45) is 10.1. The Bertz CT molecular complexity index is 806. The summed E-state index contributed by atoms with van der Waals surface area (Å²) in [6.45, 7) is 7.71. The summed E-state index contributed by atoms with van der Waals surface area (Å²) in [5, 5.41) is 6.28. The molecule has 9 heteroatoms. The zero-order valence-electron chi connectivity index (χ0n) is 21.4. The molecular weight excluding hydrogens is 448 g/mol. The van der Waals surface area contributed by atoms with Crippen molar-refractivity contribution in [2.45, 2.75) is 77.3 Å². The SMILES string of the molecule is CCOCCCNC(=O)c1coc(CN(CCCOCC)C(=O)NC23CC4CC(CC(C4)C2)C3)n1. The number of carbonyl (C=O) groups excluding carboxylic acids is 2. The van der Waals surface area contributed by atoms with E-state index in [0.717, 1.165) is 49.9 Å². The molecule has 0 aliphatic heterocycles. The highest BCUT2D eigenvalue weighted by molar-refractivity contribution is 5.91. The molecule has 2 N–H and O–H groups in total. The molecule has 196 valence electrons. The van der Waals surface area contributed by atoms with Crippen LogP contribution in [-0.2, 0) is 16.0 Å². The van der Waals surface area contributed by atoms with Crippen molar-refractivity contribution in [2.75, 3.05) is 39.5 Å². The molecule has 1 heterocycles. The van der Waals surface area contributed by atoms with Crippen LogP contribution in [0.3, 0.4) is 0 Å². The lowest BCUT2D eigenvalue weighted by atomic mass is 9.53. The van der Waals surface area contributed by atoms with Gasteiger partial charge in [-0.3, -0.25) is 4.79 Å². The number of rotatable bonds is 14. The summed E-state index contributed by atoms with van der Waals surface area (Å²) in [7, 11) is 0. The van der Waals surface area contributed by atoms with Crippen LogP contribution in [0.4, 0.5) is 4.79 Å². The van der Waals surface area contributed by atoms with Gasteiger partial charge in [0, 0.05) is 45.1 Å². The largest absolute Gasteiger partial charge is 0.446 e. The second-order valence-electron chi connectivity index (χ2n) is 10.5. The van der Waals surface area contributed by atoms with Gasteiger partial charge in [-0.1, -0.05) is 0 Å². The van der Waals surface area contributed by atoms with Crippen molar-refractivity contribution in [3.63, 3.8) is 0 Å². The third kappa shape index (κ3) is 6.97. The van der Waals surface area contributed by atoms with Crippen LogP contribution in [0.15, 0.2) is 10.7 Å². The van der Waals surface area contributed by atoms with Crippen molar-refractivity contribution in [1.82, 2.24) is 20.5 Å². The Morgan fingerprint density at radius 2 is 1.69 bits per heavy atom. The summed E-state index contributed by atoms with van der Waals surface area (Å²) < 4.78 is 16.4. The number of ether oxygens (including phenoxy) is 2. The zero-order valence-corrected chi connectivity index (χ0v) is 21.4. The standard InChI is InChI=1S/C26H42N4O5/c1-3-33-9-5-7-27-24(31)22-18-35-23(28-22)17-30(8-6-10-34-4-2)25(32)29-26-14-19-11-20(15-26)13-21(12-19)16-26/h18-21H,3-17H2,1-2H3,(H,27,31)(H,29,32). The number of urea groups is 1. The van der Waals surface area contributed by atoms with Crippen LogP contribution < -0.4 is 10.6 Å². The molecule has 4 fully saturated rings. The predicted molar refractivity (Wildman–Crippen MR) is 131 cm³/mol. The van der Waals surface area contributed by atoms with Crippen molar-refractivity contribution in [3.05, 3.63) is 17.8 Å². The fourth-order valence-corrected chi connectivity index (χ4v) is 6.59. The second-order valence-corrected chi connectivity index (χ2v) is 10.5. The van der Waals surface area contributed by atoms with Gasteiger partial charge in [-0.15, -0.1) is 0 Å². The number of aromatic nitrogens is 1. The second kappa shape index (κ2) is 12.2. The van der Waals surface area contributed by atoms with Gasteiger partial charge in [-0.05, 0) is 83.0 Å². The molecule has 0 aromatic carbocycles. The highest BCUT2D eigenvalue weighted by atomic mass is 16.5. The first-order valence-corrected chi connectivity index (χ1v) is 13.5. The van der Waals surface area contributed by atoms with Crippen LogP contribution in [0, 0.1) is 17.8 Å². The fraction of sp³-hybridized carbons (Fsp3) is 0.808. The number of nitrogens with zero attached hydrogens (tertiary/aromatic N) is 2. The molecule has 0 spiro atoms. The van der Waals surface area contributed by atoms with Crippen LogP contribution in [-0.4, -0.2) is 66.9 Å². The Morgan fingerprint density at radius 3 is 2.31 bits per heavy atom. The Kier molecular flexibility index (Phi) is 9.05. The van der Waals surface area contributed by atoms with E-state index in [1.54, 1.807) is 4.90 Å². The van der Waals surface area contributed by atoms with Gasteiger partial charge in [0.2, 0.25) is 5.89 Å². The highest BCUT2D eigenvalue weighted by Gasteiger charge is 2.51. The minimum absolute atomic E-state index is 0.0624. The van der Waals surface area contributed by atoms with Crippen LogP contribution in [0.2, 0.25) is 0 Å².